The van der Waals surface area contributed by atoms with Crippen LogP contribution in [0.3, 0.4) is 0 Å². The van der Waals surface area contributed by atoms with E-state index < -0.39 is 6.04 Å². The zero-order chi connectivity index (χ0) is 10.0. The van der Waals surface area contributed by atoms with Gasteiger partial charge in [0.15, 0.2) is 0 Å². The Morgan fingerprint density at radius 2 is 2.38 bits per heavy atom. The number of pyridine rings is 1. The average molecular weight is 180 g/mol. The molecule has 0 aliphatic heterocycles. The van der Waals surface area contributed by atoms with Gasteiger partial charge in [-0.25, -0.2) is 0 Å². The van der Waals surface area contributed by atoms with Crippen molar-refractivity contribution in [3.05, 3.63) is 40.3 Å². The summed E-state index contributed by atoms with van der Waals surface area (Å²) in [5, 5.41) is 9.43. The van der Waals surface area contributed by atoms with Crippen molar-refractivity contribution in [2.75, 3.05) is 0 Å². The minimum atomic E-state index is -0.635. The SMILES string of the molecule is C=C[C@H](N)c1c(O)cc(C)[nH]c1=O. The highest BCUT2D eigenvalue weighted by Gasteiger charge is 2.12. The molecule has 0 aromatic carbocycles. The van der Waals surface area contributed by atoms with Crippen LogP contribution >= 0.6 is 0 Å². The summed E-state index contributed by atoms with van der Waals surface area (Å²) in [5.41, 5.74) is 5.93. The second-order valence-corrected chi connectivity index (χ2v) is 2.84. The fourth-order valence-electron chi connectivity index (χ4n) is 1.12. The third kappa shape index (κ3) is 1.78. The number of nitrogens with one attached hydrogen (secondary N) is 1. The van der Waals surface area contributed by atoms with Gasteiger partial charge in [0, 0.05) is 5.69 Å². The topological polar surface area (TPSA) is 79.1 Å². The van der Waals surface area contributed by atoms with Gasteiger partial charge in [-0.05, 0) is 13.0 Å². The van der Waals surface area contributed by atoms with Crippen LogP contribution in [0.5, 0.6) is 5.75 Å². The van der Waals surface area contributed by atoms with Gasteiger partial charge >= 0.3 is 0 Å². The molecule has 4 N–H and O–H groups in total. The van der Waals surface area contributed by atoms with Crippen molar-refractivity contribution in [2.24, 2.45) is 5.73 Å². The van der Waals surface area contributed by atoms with Crippen LogP contribution in [0.1, 0.15) is 17.3 Å². The Kier molecular flexibility index (Phi) is 2.53. The predicted molar refractivity (Wildman–Crippen MR) is 50.6 cm³/mol. The van der Waals surface area contributed by atoms with Crippen LogP contribution in [-0.2, 0) is 0 Å². The van der Waals surface area contributed by atoms with E-state index in [-0.39, 0.29) is 16.9 Å². The number of aromatic nitrogens is 1. The minimum absolute atomic E-state index is 0.0892. The number of aromatic amines is 1. The van der Waals surface area contributed by atoms with E-state index in [4.69, 9.17) is 5.73 Å². The van der Waals surface area contributed by atoms with Crippen LogP contribution in [0.15, 0.2) is 23.5 Å². The summed E-state index contributed by atoms with van der Waals surface area (Å²) >= 11 is 0. The number of hydrogen-bond donors (Lipinski definition) is 3. The number of hydrogen-bond acceptors (Lipinski definition) is 3. The van der Waals surface area contributed by atoms with Gasteiger partial charge in [-0.2, -0.15) is 0 Å². The number of rotatable bonds is 2. The largest absolute Gasteiger partial charge is 0.507 e. The smallest absolute Gasteiger partial charge is 0.256 e. The number of nitrogens with two attached hydrogens (primary N) is 1. The van der Waals surface area contributed by atoms with Crippen molar-refractivity contribution in [3.8, 4) is 5.75 Å². The highest BCUT2D eigenvalue weighted by molar-refractivity contribution is 5.35. The molecular weight excluding hydrogens is 168 g/mol. The summed E-state index contributed by atoms with van der Waals surface area (Å²) < 4.78 is 0. The van der Waals surface area contributed by atoms with Crippen LogP contribution < -0.4 is 11.3 Å². The van der Waals surface area contributed by atoms with Crippen LogP contribution in [0.25, 0.3) is 0 Å². The van der Waals surface area contributed by atoms with E-state index in [2.05, 4.69) is 11.6 Å². The Bertz CT molecular complexity index is 382. The lowest BCUT2D eigenvalue weighted by Crippen LogP contribution is -2.20. The van der Waals surface area contributed by atoms with Gasteiger partial charge in [-0.3, -0.25) is 4.79 Å². The lowest BCUT2D eigenvalue weighted by atomic mass is 10.1. The van der Waals surface area contributed by atoms with Crippen molar-refractivity contribution in [1.82, 2.24) is 4.98 Å². The van der Waals surface area contributed by atoms with Gasteiger partial charge in [-0.15, -0.1) is 6.58 Å². The van der Waals surface area contributed by atoms with E-state index in [9.17, 15) is 9.90 Å². The average Bonchev–Trinajstić information content (AvgIpc) is 2.02. The Labute approximate surface area is 75.7 Å². The first-order valence-electron chi connectivity index (χ1n) is 3.87. The van der Waals surface area contributed by atoms with E-state index in [1.54, 1.807) is 6.92 Å². The molecule has 0 fully saturated rings. The molecule has 0 saturated heterocycles. The molecule has 0 saturated carbocycles. The zero-order valence-corrected chi connectivity index (χ0v) is 7.37. The maximum absolute atomic E-state index is 11.3. The first kappa shape index (κ1) is 9.54. The first-order valence-corrected chi connectivity index (χ1v) is 3.87. The first-order chi connectivity index (χ1) is 6.06. The van der Waals surface area contributed by atoms with E-state index >= 15 is 0 Å². The number of aryl methyl sites for hydroxylation is 1. The zero-order valence-electron chi connectivity index (χ0n) is 7.37. The molecule has 0 unspecified atom stereocenters. The third-order valence-corrected chi connectivity index (χ3v) is 1.77. The second kappa shape index (κ2) is 3.45. The second-order valence-electron chi connectivity index (χ2n) is 2.84. The Morgan fingerprint density at radius 3 is 2.85 bits per heavy atom. The van der Waals surface area contributed by atoms with Gasteiger partial charge in [0.25, 0.3) is 5.56 Å². The summed E-state index contributed by atoms with van der Waals surface area (Å²) in [5.74, 6) is -0.0892. The fourth-order valence-corrected chi connectivity index (χ4v) is 1.12. The molecule has 70 valence electrons. The third-order valence-electron chi connectivity index (χ3n) is 1.77. The van der Waals surface area contributed by atoms with Gasteiger partial charge in [-0.1, -0.05) is 6.08 Å². The molecule has 4 heteroatoms. The van der Waals surface area contributed by atoms with Gasteiger partial charge < -0.3 is 15.8 Å². The Morgan fingerprint density at radius 1 is 1.77 bits per heavy atom. The molecule has 0 bridgehead atoms. The molecule has 0 aliphatic carbocycles. The van der Waals surface area contributed by atoms with Crippen LogP contribution in [0.2, 0.25) is 0 Å². The summed E-state index contributed by atoms with van der Waals surface area (Å²) in [7, 11) is 0. The van der Waals surface area contributed by atoms with E-state index in [1.165, 1.54) is 12.1 Å². The highest BCUT2D eigenvalue weighted by Crippen LogP contribution is 2.18. The molecule has 1 aromatic rings. The molecule has 13 heavy (non-hydrogen) atoms. The molecule has 0 radical (unpaired) electrons. The number of H-pyrrole nitrogens is 1. The summed E-state index contributed by atoms with van der Waals surface area (Å²) in [4.78, 5) is 13.9. The van der Waals surface area contributed by atoms with Crippen LogP contribution in [0, 0.1) is 6.92 Å². The fraction of sp³-hybridized carbons (Fsp3) is 0.222. The summed E-state index contributed by atoms with van der Waals surface area (Å²) in [6, 6.07) is 0.824. The Balaban J connectivity index is 3.37. The van der Waals surface area contributed by atoms with Gasteiger partial charge in [0.2, 0.25) is 0 Å². The molecule has 0 aliphatic rings. The van der Waals surface area contributed by atoms with Crippen molar-refractivity contribution in [1.29, 1.82) is 0 Å². The van der Waals surface area contributed by atoms with Crippen LogP contribution in [0.4, 0.5) is 0 Å². The lowest BCUT2D eigenvalue weighted by Gasteiger charge is -2.07. The van der Waals surface area contributed by atoms with Gasteiger partial charge in [0.1, 0.15) is 5.75 Å². The maximum Gasteiger partial charge on any atom is 0.256 e. The molecule has 1 aromatic heterocycles. The predicted octanol–water partition coefficient (Wildman–Crippen LogP) is 0.575. The highest BCUT2D eigenvalue weighted by atomic mass is 16.3. The quantitative estimate of drug-likeness (QED) is 0.582. The van der Waals surface area contributed by atoms with Crippen LogP contribution in [-0.4, -0.2) is 10.1 Å². The normalized spacial score (nSPS) is 12.5. The van der Waals surface area contributed by atoms with E-state index in [1.807, 2.05) is 0 Å². The molecule has 1 atom stereocenters. The van der Waals surface area contributed by atoms with Crippen molar-refractivity contribution >= 4 is 0 Å². The number of aromatic hydroxyl groups is 1. The monoisotopic (exact) mass is 180 g/mol. The van der Waals surface area contributed by atoms with Crippen molar-refractivity contribution in [2.45, 2.75) is 13.0 Å². The lowest BCUT2D eigenvalue weighted by molar-refractivity contribution is 0.463. The molecule has 4 nitrogen and oxygen atoms in total. The van der Waals surface area contributed by atoms with Gasteiger partial charge in [0.05, 0.1) is 11.6 Å². The maximum atomic E-state index is 11.3. The summed E-state index contributed by atoms with van der Waals surface area (Å²) in [6.07, 6.45) is 1.40. The summed E-state index contributed by atoms with van der Waals surface area (Å²) in [6.45, 7) is 5.14. The standard InChI is InChI=1S/C9H12N2O2/c1-3-6(10)8-7(12)4-5(2)11-9(8)13/h3-4,6H,1,10H2,2H3,(H2,11,12,13)/t6-/m0/s1. The minimum Gasteiger partial charge on any atom is -0.507 e. The molecule has 0 amide bonds. The van der Waals surface area contributed by atoms with E-state index in [0.717, 1.165) is 0 Å². The molecule has 1 heterocycles. The van der Waals surface area contributed by atoms with E-state index in [0.29, 0.717) is 5.69 Å². The molecular formula is C9H12N2O2. The Hall–Kier alpha value is -1.55. The molecule has 1 rings (SSSR count). The van der Waals surface area contributed by atoms with Crippen molar-refractivity contribution in [3.63, 3.8) is 0 Å². The van der Waals surface area contributed by atoms with Crippen molar-refractivity contribution < 1.29 is 5.11 Å². The molecule has 0 spiro atoms.